The van der Waals surface area contributed by atoms with Crippen LogP contribution in [0.1, 0.15) is 44.6 Å². The van der Waals surface area contributed by atoms with Crippen molar-refractivity contribution in [1.29, 1.82) is 0 Å². The summed E-state index contributed by atoms with van der Waals surface area (Å²) in [5, 5.41) is 4.39. The zero-order valence-electron chi connectivity index (χ0n) is 13.8. The van der Waals surface area contributed by atoms with E-state index in [0.29, 0.717) is 19.1 Å². The van der Waals surface area contributed by atoms with Crippen molar-refractivity contribution >= 4 is 5.91 Å². The maximum atomic E-state index is 13.1. The molecule has 3 heterocycles. The molecule has 0 saturated carbocycles. The number of hydrogen-bond donors (Lipinski definition) is 0. The van der Waals surface area contributed by atoms with E-state index < -0.39 is 0 Å². The lowest BCUT2D eigenvalue weighted by Crippen LogP contribution is -2.52. The Labute approximate surface area is 132 Å². The normalized spacial score (nSPS) is 25.2. The number of nitrogens with zero attached hydrogens (tertiary/aromatic N) is 3. The van der Waals surface area contributed by atoms with E-state index in [9.17, 15) is 4.79 Å². The second kappa shape index (κ2) is 6.41. The zero-order chi connectivity index (χ0) is 15.6. The first-order valence-corrected chi connectivity index (χ1v) is 8.46. The van der Waals surface area contributed by atoms with Crippen molar-refractivity contribution in [2.24, 2.45) is 5.41 Å². The van der Waals surface area contributed by atoms with Crippen LogP contribution >= 0.6 is 0 Å². The highest BCUT2D eigenvalue weighted by molar-refractivity contribution is 5.82. The molecule has 0 spiro atoms. The van der Waals surface area contributed by atoms with Gasteiger partial charge in [-0.05, 0) is 44.6 Å². The van der Waals surface area contributed by atoms with Crippen molar-refractivity contribution in [1.82, 2.24) is 14.7 Å². The van der Waals surface area contributed by atoms with Crippen LogP contribution in [0.4, 0.5) is 0 Å². The van der Waals surface area contributed by atoms with Crippen molar-refractivity contribution in [3.63, 3.8) is 0 Å². The molecule has 3 rings (SSSR count). The predicted octanol–water partition coefficient (Wildman–Crippen LogP) is 2.39. The van der Waals surface area contributed by atoms with Gasteiger partial charge in [0.15, 0.2) is 0 Å². The Hall–Kier alpha value is -1.36. The van der Waals surface area contributed by atoms with Gasteiger partial charge in [0.1, 0.15) is 0 Å². The molecule has 0 radical (unpaired) electrons. The van der Waals surface area contributed by atoms with Crippen LogP contribution in [0.2, 0.25) is 0 Å². The highest BCUT2D eigenvalue weighted by atomic mass is 16.5. The lowest BCUT2D eigenvalue weighted by molar-refractivity contribution is -0.150. The van der Waals surface area contributed by atoms with E-state index in [4.69, 9.17) is 4.74 Å². The molecule has 0 aliphatic carbocycles. The van der Waals surface area contributed by atoms with Crippen molar-refractivity contribution in [2.45, 2.75) is 58.5 Å². The van der Waals surface area contributed by atoms with Crippen molar-refractivity contribution in [3.8, 4) is 0 Å². The third-order valence-corrected chi connectivity index (χ3v) is 5.16. The second-order valence-corrected chi connectivity index (χ2v) is 7.06. The topological polar surface area (TPSA) is 47.4 Å². The molecule has 1 amide bonds. The maximum absolute atomic E-state index is 13.1. The number of likely N-dealkylation sites (tertiary alicyclic amines) is 1. The largest absolute Gasteiger partial charge is 0.381 e. The Morgan fingerprint density at radius 3 is 2.86 bits per heavy atom. The number of rotatable bonds is 3. The fourth-order valence-corrected chi connectivity index (χ4v) is 3.62. The van der Waals surface area contributed by atoms with Crippen LogP contribution < -0.4 is 0 Å². The van der Waals surface area contributed by atoms with Crippen LogP contribution in [0.25, 0.3) is 0 Å². The molecule has 2 aliphatic rings. The van der Waals surface area contributed by atoms with E-state index in [1.165, 1.54) is 12.0 Å². The quantitative estimate of drug-likeness (QED) is 0.861. The summed E-state index contributed by atoms with van der Waals surface area (Å²) in [6.07, 6.45) is 9.03. The number of amides is 1. The first kappa shape index (κ1) is 15.5. The van der Waals surface area contributed by atoms with Gasteiger partial charge in [0.05, 0.1) is 24.2 Å². The lowest BCUT2D eigenvalue weighted by atomic mass is 9.80. The van der Waals surface area contributed by atoms with E-state index in [0.717, 1.165) is 38.8 Å². The minimum absolute atomic E-state index is 0.242. The molecule has 1 atom stereocenters. The molecule has 1 unspecified atom stereocenters. The monoisotopic (exact) mass is 305 g/mol. The molecular weight excluding hydrogens is 278 g/mol. The van der Waals surface area contributed by atoms with Crippen LogP contribution in [0.15, 0.2) is 12.4 Å². The summed E-state index contributed by atoms with van der Waals surface area (Å²) >= 11 is 0. The van der Waals surface area contributed by atoms with E-state index in [1.54, 1.807) is 0 Å². The molecule has 122 valence electrons. The first-order valence-electron chi connectivity index (χ1n) is 8.46. The number of carbonyl (C=O) groups is 1. The van der Waals surface area contributed by atoms with Crippen LogP contribution in [0.3, 0.4) is 0 Å². The number of ether oxygens (including phenoxy) is 1. The molecule has 22 heavy (non-hydrogen) atoms. The molecule has 2 fully saturated rings. The fourth-order valence-electron chi connectivity index (χ4n) is 3.62. The molecule has 5 nitrogen and oxygen atoms in total. The van der Waals surface area contributed by atoms with E-state index in [-0.39, 0.29) is 11.5 Å². The summed E-state index contributed by atoms with van der Waals surface area (Å²) in [5.74, 6) is 0.323. The Bertz CT molecular complexity index is 520. The molecule has 2 saturated heterocycles. The highest BCUT2D eigenvalue weighted by Gasteiger charge is 2.41. The second-order valence-electron chi connectivity index (χ2n) is 7.06. The van der Waals surface area contributed by atoms with Gasteiger partial charge in [-0.25, -0.2) is 0 Å². The molecule has 0 N–H and O–H groups in total. The summed E-state index contributed by atoms with van der Waals surface area (Å²) in [6.45, 7) is 7.28. The molecule has 5 heteroatoms. The highest BCUT2D eigenvalue weighted by Crippen LogP contribution is 2.34. The summed E-state index contributed by atoms with van der Waals surface area (Å²) in [7, 11) is 0. The molecule has 1 aromatic heterocycles. The molecule has 1 aromatic rings. The van der Waals surface area contributed by atoms with Crippen molar-refractivity contribution in [3.05, 3.63) is 18.0 Å². The number of aryl methyl sites for hydroxylation is 1. The smallest absolute Gasteiger partial charge is 0.228 e. The summed E-state index contributed by atoms with van der Waals surface area (Å²) < 4.78 is 7.43. The average Bonchev–Trinajstić information content (AvgIpc) is 2.93. The molecular formula is C17H27N3O2. The van der Waals surface area contributed by atoms with Gasteiger partial charge in [-0.1, -0.05) is 6.92 Å². The number of carbonyl (C=O) groups excluding carboxylic acids is 1. The van der Waals surface area contributed by atoms with Gasteiger partial charge in [0, 0.05) is 26.0 Å². The molecule has 2 aliphatic heterocycles. The Kier molecular flexibility index (Phi) is 4.52. The van der Waals surface area contributed by atoms with E-state index in [2.05, 4.69) is 30.0 Å². The van der Waals surface area contributed by atoms with Crippen LogP contribution in [-0.2, 0) is 16.1 Å². The summed E-state index contributed by atoms with van der Waals surface area (Å²) in [4.78, 5) is 15.3. The molecule has 0 aromatic carbocycles. The molecule has 0 bridgehead atoms. The zero-order valence-corrected chi connectivity index (χ0v) is 13.8. The minimum atomic E-state index is -0.242. The lowest BCUT2D eigenvalue weighted by Gasteiger charge is -2.42. The Balaban J connectivity index is 1.72. The summed E-state index contributed by atoms with van der Waals surface area (Å²) in [6, 6.07) is 0.278. The predicted molar refractivity (Wildman–Crippen MR) is 84.5 cm³/mol. The number of piperidine rings is 1. The van der Waals surface area contributed by atoms with Crippen LogP contribution in [0, 0.1) is 12.3 Å². The maximum Gasteiger partial charge on any atom is 0.228 e. The standard InChI is InChI=1S/C17H27N3O2/c1-14-11-18-19(12-14)13-15-5-3-4-8-20(15)16(21)17(2)6-9-22-10-7-17/h11-12,15H,3-10,13H2,1-2H3. The third kappa shape index (κ3) is 3.19. The summed E-state index contributed by atoms with van der Waals surface area (Å²) in [5.41, 5.74) is 0.929. The van der Waals surface area contributed by atoms with Gasteiger partial charge in [0.25, 0.3) is 0 Å². The number of hydrogen-bond acceptors (Lipinski definition) is 3. The van der Waals surface area contributed by atoms with E-state index in [1.807, 2.05) is 10.9 Å². The Morgan fingerprint density at radius 2 is 2.18 bits per heavy atom. The Morgan fingerprint density at radius 1 is 1.41 bits per heavy atom. The van der Waals surface area contributed by atoms with Gasteiger partial charge in [-0.15, -0.1) is 0 Å². The van der Waals surface area contributed by atoms with Gasteiger partial charge in [-0.3, -0.25) is 9.48 Å². The first-order chi connectivity index (χ1) is 10.6. The fraction of sp³-hybridized carbons (Fsp3) is 0.765. The van der Waals surface area contributed by atoms with Gasteiger partial charge in [-0.2, -0.15) is 5.10 Å². The SMILES string of the molecule is Cc1cnn(CC2CCCCN2C(=O)C2(C)CCOCC2)c1. The van der Waals surface area contributed by atoms with Crippen molar-refractivity contribution in [2.75, 3.05) is 19.8 Å². The minimum Gasteiger partial charge on any atom is -0.381 e. The van der Waals surface area contributed by atoms with Crippen LogP contribution in [0.5, 0.6) is 0 Å². The van der Waals surface area contributed by atoms with E-state index >= 15 is 0 Å². The van der Waals surface area contributed by atoms with Gasteiger partial charge < -0.3 is 9.64 Å². The third-order valence-electron chi connectivity index (χ3n) is 5.16. The van der Waals surface area contributed by atoms with Gasteiger partial charge in [0.2, 0.25) is 5.91 Å². The average molecular weight is 305 g/mol. The van der Waals surface area contributed by atoms with Crippen molar-refractivity contribution < 1.29 is 9.53 Å². The van der Waals surface area contributed by atoms with Gasteiger partial charge >= 0.3 is 0 Å². The van der Waals surface area contributed by atoms with Crippen LogP contribution in [-0.4, -0.2) is 46.4 Å². The number of aromatic nitrogens is 2.